The van der Waals surface area contributed by atoms with Gasteiger partial charge >= 0.3 is 0 Å². The number of hydrogen-bond acceptors (Lipinski definition) is 3. The van der Waals surface area contributed by atoms with Gasteiger partial charge in [-0.3, -0.25) is 4.79 Å². The summed E-state index contributed by atoms with van der Waals surface area (Å²) in [4.78, 5) is 12.0. The monoisotopic (exact) mass is 395 g/mol. The van der Waals surface area contributed by atoms with E-state index in [0.29, 0.717) is 5.56 Å². The van der Waals surface area contributed by atoms with E-state index in [1.165, 1.54) is 0 Å². The third-order valence-electron chi connectivity index (χ3n) is 2.72. The highest BCUT2D eigenvalue weighted by molar-refractivity contribution is 14.1. The van der Waals surface area contributed by atoms with Crippen LogP contribution in [0.5, 0.6) is 0 Å². The molecule has 0 radical (unpaired) electrons. The number of halogens is 1. The van der Waals surface area contributed by atoms with Gasteiger partial charge in [-0.15, -0.1) is 11.3 Å². The zero-order valence-corrected chi connectivity index (χ0v) is 13.3. The van der Waals surface area contributed by atoms with E-state index in [-0.39, 0.29) is 5.91 Å². The Morgan fingerprint density at radius 1 is 1.30 bits per heavy atom. The van der Waals surface area contributed by atoms with Gasteiger partial charge in [0.15, 0.2) is 0 Å². The summed E-state index contributed by atoms with van der Waals surface area (Å²) in [6.07, 6.45) is 3.61. The lowest BCUT2D eigenvalue weighted by atomic mass is 10.2. The van der Waals surface area contributed by atoms with Crippen LogP contribution >= 0.6 is 33.9 Å². The van der Waals surface area contributed by atoms with Crippen molar-refractivity contribution < 1.29 is 4.79 Å². The van der Waals surface area contributed by atoms with Gasteiger partial charge in [-0.1, -0.05) is 0 Å². The predicted molar refractivity (Wildman–Crippen MR) is 88.6 cm³/mol. The number of nitrogens with one attached hydrogen (secondary N) is 1. The fourth-order valence-corrected chi connectivity index (χ4v) is 3.08. The average Bonchev–Trinajstić information content (AvgIpc) is 3.10. The first-order valence-electron chi connectivity index (χ1n) is 5.88. The van der Waals surface area contributed by atoms with Crippen LogP contribution in [0, 0.1) is 2.88 Å². The van der Waals surface area contributed by atoms with Crippen LogP contribution in [0.2, 0.25) is 0 Å². The van der Waals surface area contributed by atoms with Crippen LogP contribution in [0.1, 0.15) is 10.4 Å². The van der Waals surface area contributed by atoms with Crippen LogP contribution in [0.25, 0.3) is 5.69 Å². The lowest BCUT2D eigenvalue weighted by Gasteiger charge is -2.05. The Morgan fingerprint density at radius 2 is 2.10 bits per heavy atom. The molecule has 1 N–H and O–H groups in total. The molecule has 0 bridgehead atoms. The Hall–Kier alpha value is -1.67. The second-order valence-electron chi connectivity index (χ2n) is 4.09. The summed E-state index contributed by atoms with van der Waals surface area (Å²) < 4.78 is 2.87. The first-order chi connectivity index (χ1) is 9.72. The van der Waals surface area contributed by atoms with Gasteiger partial charge < -0.3 is 5.32 Å². The van der Waals surface area contributed by atoms with Crippen molar-refractivity contribution >= 4 is 45.5 Å². The summed E-state index contributed by atoms with van der Waals surface area (Å²) in [5.41, 5.74) is 2.42. The first kappa shape index (κ1) is 13.3. The van der Waals surface area contributed by atoms with E-state index in [1.807, 2.05) is 48.0 Å². The molecule has 6 heteroatoms. The van der Waals surface area contributed by atoms with Crippen molar-refractivity contribution in [1.29, 1.82) is 0 Å². The summed E-state index contributed by atoms with van der Waals surface area (Å²) in [6, 6.07) is 11.3. The van der Waals surface area contributed by atoms with E-state index in [1.54, 1.807) is 22.2 Å². The number of hydrogen-bond donors (Lipinski definition) is 1. The Balaban J connectivity index is 1.74. The Bertz CT molecular complexity index is 719. The molecule has 1 aromatic carbocycles. The lowest BCUT2D eigenvalue weighted by molar-refractivity contribution is 0.102. The highest BCUT2D eigenvalue weighted by Gasteiger charge is 2.08. The van der Waals surface area contributed by atoms with Crippen molar-refractivity contribution in [3.8, 4) is 5.69 Å². The zero-order valence-electron chi connectivity index (χ0n) is 10.3. The van der Waals surface area contributed by atoms with Gasteiger partial charge in [0.2, 0.25) is 0 Å². The molecule has 100 valence electrons. The van der Waals surface area contributed by atoms with Crippen molar-refractivity contribution in [2.45, 2.75) is 0 Å². The normalized spacial score (nSPS) is 10.4. The molecule has 1 amide bonds. The molecule has 0 atom stereocenters. The van der Waals surface area contributed by atoms with Crippen molar-refractivity contribution in [2.75, 3.05) is 5.32 Å². The molecular formula is C14H10IN3OS. The molecule has 0 aliphatic heterocycles. The molecule has 3 rings (SSSR count). The number of thiophene rings is 1. The van der Waals surface area contributed by atoms with Crippen LogP contribution in [-0.4, -0.2) is 15.7 Å². The summed E-state index contributed by atoms with van der Waals surface area (Å²) in [7, 11) is 0. The molecule has 2 heterocycles. The average molecular weight is 395 g/mol. The zero-order chi connectivity index (χ0) is 13.9. The van der Waals surface area contributed by atoms with E-state index >= 15 is 0 Å². The number of anilines is 1. The number of rotatable bonds is 3. The van der Waals surface area contributed by atoms with E-state index < -0.39 is 0 Å². The topological polar surface area (TPSA) is 46.9 Å². The van der Waals surface area contributed by atoms with Gasteiger partial charge in [0.25, 0.3) is 5.91 Å². The fourth-order valence-electron chi connectivity index (χ4n) is 1.75. The van der Waals surface area contributed by atoms with Crippen LogP contribution in [-0.2, 0) is 0 Å². The van der Waals surface area contributed by atoms with E-state index in [4.69, 9.17) is 0 Å². The third kappa shape index (κ3) is 2.91. The van der Waals surface area contributed by atoms with Crippen LogP contribution < -0.4 is 5.32 Å². The molecule has 0 unspecified atom stereocenters. The lowest BCUT2D eigenvalue weighted by Crippen LogP contribution is -2.10. The first-order valence-corrected chi connectivity index (χ1v) is 7.84. The van der Waals surface area contributed by atoms with Gasteiger partial charge in [-0.25, -0.2) is 4.68 Å². The van der Waals surface area contributed by atoms with Gasteiger partial charge in [-0.05, 0) is 59.0 Å². The van der Waals surface area contributed by atoms with E-state index in [9.17, 15) is 4.79 Å². The molecule has 0 saturated carbocycles. The maximum absolute atomic E-state index is 12.0. The molecule has 0 fully saturated rings. The number of amides is 1. The number of carbonyl (C=O) groups is 1. The Labute approximate surface area is 133 Å². The molecule has 2 aromatic heterocycles. The Morgan fingerprint density at radius 3 is 2.70 bits per heavy atom. The van der Waals surface area contributed by atoms with Crippen LogP contribution in [0.15, 0.2) is 54.2 Å². The van der Waals surface area contributed by atoms with Crippen molar-refractivity contribution in [3.05, 3.63) is 62.6 Å². The minimum atomic E-state index is -0.0870. The standard InChI is InChI=1S/C14H10IN3OS/c15-13-8-10(9-20-13)14(19)17-11-2-4-12(5-3-11)18-7-1-6-16-18/h1-9H,(H,17,19). The number of benzene rings is 1. The summed E-state index contributed by atoms with van der Waals surface area (Å²) >= 11 is 3.76. The number of carbonyl (C=O) groups excluding carboxylic acids is 1. The predicted octanol–water partition coefficient (Wildman–Crippen LogP) is 3.79. The molecule has 20 heavy (non-hydrogen) atoms. The van der Waals surface area contributed by atoms with Crippen molar-refractivity contribution in [2.24, 2.45) is 0 Å². The minimum absolute atomic E-state index is 0.0870. The molecular weight excluding hydrogens is 385 g/mol. The second kappa shape index (κ2) is 5.76. The minimum Gasteiger partial charge on any atom is -0.322 e. The molecule has 3 aromatic rings. The maximum Gasteiger partial charge on any atom is 0.256 e. The van der Waals surface area contributed by atoms with Gasteiger partial charge in [0, 0.05) is 23.5 Å². The number of aromatic nitrogens is 2. The molecule has 4 nitrogen and oxygen atoms in total. The van der Waals surface area contributed by atoms with Crippen LogP contribution in [0.3, 0.4) is 0 Å². The summed E-state index contributed by atoms with van der Waals surface area (Å²) in [5.74, 6) is -0.0870. The fraction of sp³-hybridized carbons (Fsp3) is 0. The third-order valence-corrected chi connectivity index (χ3v) is 4.51. The molecule has 0 aliphatic carbocycles. The SMILES string of the molecule is O=C(Nc1ccc(-n2cccn2)cc1)c1csc(I)c1. The van der Waals surface area contributed by atoms with Gasteiger partial charge in [0.1, 0.15) is 0 Å². The highest BCUT2D eigenvalue weighted by atomic mass is 127. The smallest absolute Gasteiger partial charge is 0.256 e. The second-order valence-corrected chi connectivity index (χ2v) is 6.90. The quantitative estimate of drug-likeness (QED) is 0.686. The molecule has 0 spiro atoms. The van der Waals surface area contributed by atoms with Crippen LogP contribution in [0.4, 0.5) is 5.69 Å². The van der Waals surface area contributed by atoms with E-state index in [2.05, 4.69) is 33.0 Å². The maximum atomic E-state index is 12.0. The van der Waals surface area contributed by atoms with Gasteiger partial charge in [-0.2, -0.15) is 5.10 Å². The summed E-state index contributed by atoms with van der Waals surface area (Å²) in [6.45, 7) is 0. The molecule has 0 saturated heterocycles. The van der Waals surface area contributed by atoms with Gasteiger partial charge in [0.05, 0.1) is 14.1 Å². The Kier molecular flexibility index (Phi) is 3.83. The summed E-state index contributed by atoms with van der Waals surface area (Å²) in [5, 5.41) is 8.89. The molecule has 0 aliphatic rings. The number of nitrogens with zero attached hydrogens (tertiary/aromatic N) is 2. The highest BCUT2D eigenvalue weighted by Crippen LogP contribution is 2.18. The van der Waals surface area contributed by atoms with Crippen molar-refractivity contribution in [3.63, 3.8) is 0 Å². The van der Waals surface area contributed by atoms with E-state index in [0.717, 1.165) is 14.3 Å². The largest absolute Gasteiger partial charge is 0.322 e. The van der Waals surface area contributed by atoms with Crippen molar-refractivity contribution in [1.82, 2.24) is 9.78 Å².